The highest BCUT2D eigenvalue weighted by atomic mass is 16.5. The second-order valence-electron chi connectivity index (χ2n) is 7.67. The molecule has 2 aromatic rings. The van der Waals surface area contributed by atoms with Gasteiger partial charge in [0.1, 0.15) is 6.54 Å². The number of nitrogens with zero attached hydrogens (tertiary/aromatic N) is 1. The second kappa shape index (κ2) is 7.36. The summed E-state index contributed by atoms with van der Waals surface area (Å²) in [5.41, 5.74) is 10.9. The maximum absolute atomic E-state index is 12.9. The number of hydrazine groups is 1. The molecule has 2 amide bonds. The molecule has 0 saturated carbocycles. The van der Waals surface area contributed by atoms with Crippen LogP contribution in [0.25, 0.3) is 6.08 Å². The molecule has 7 nitrogen and oxygen atoms in total. The minimum absolute atomic E-state index is 0.0334. The normalized spacial score (nSPS) is 15.2. The molecule has 5 N–H and O–H groups in total. The predicted octanol–water partition coefficient (Wildman–Crippen LogP) is 2.32. The molecule has 0 aliphatic carbocycles. The van der Waals surface area contributed by atoms with Gasteiger partial charge in [-0.25, -0.2) is 5.84 Å². The lowest BCUT2D eigenvalue weighted by molar-refractivity contribution is -0.123. The summed E-state index contributed by atoms with van der Waals surface area (Å²) in [6.45, 7) is 6.18. The molecule has 0 aromatic heterocycles. The highest BCUT2D eigenvalue weighted by Gasteiger charge is 2.31. The fourth-order valence-corrected chi connectivity index (χ4v) is 2.91. The van der Waals surface area contributed by atoms with Gasteiger partial charge in [0.15, 0.2) is 11.5 Å². The quantitative estimate of drug-likeness (QED) is 0.249. The molecule has 0 spiro atoms. The fourth-order valence-electron chi connectivity index (χ4n) is 2.91. The van der Waals surface area contributed by atoms with Gasteiger partial charge in [-0.2, -0.15) is 0 Å². The highest BCUT2D eigenvalue weighted by molar-refractivity contribution is 6.12. The van der Waals surface area contributed by atoms with Crippen LogP contribution in [0.5, 0.6) is 5.75 Å². The van der Waals surface area contributed by atoms with Gasteiger partial charge in [0.2, 0.25) is 0 Å². The molecule has 0 saturated heterocycles. The smallest absolute Gasteiger partial charge is 0.294 e. The van der Waals surface area contributed by atoms with E-state index in [9.17, 15) is 9.59 Å². The molecule has 146 valence electrons. The number of hydrogen-bond donors (Lipinski definition) is 3. The standard InChI is InChI=1S/C21H24N4O3/c1-21(2,3)14-6-4-13(5-7-14)10-18-20(27)25(12-19(26)24-23)16-9-8-15(22)11-17(16)28-18/h4-11H,12,22-23H2,1-3H3,(H,24,26)/b18-10+. The average molecular weight is 380 g/mol. The third-order valence-electron chi connectivity index (χ3n) is 4.49. The molecule has 0 radical (unpaired) electrons. The number of rotatable bonds is 3. The number of nitrogens with one attached hydrogen (secondary N) is 1. The lowest BCUT2D eigenvalue weighted by Crippen LogP contribution is -2.45. The molecule has 2 aromatic carbocycles. The van der Waals surface area contributed by atoms with Gasteiger partial charge in [0, 0.05) is 11.8 Å². The molecular weight excluding hydrogens is 356 g/mol. The zero-order valence-corrected chi connectivity index (χ0v) is 16.2. The molecule has 1 heterocycles. The van der Waals surface area contributed by atoms with Gasteiger partial charge in [0.05, 0.1) is 5.69 Å². The Bertz CT molecular complexity index is 943. The van der Waals surface area contributed by atoms with E-state index in [0.29, 0.717) is 17.1 Å². The van der Waals surface area contributed by atoms with E-state index in [4.69, 9.17) is 16.3 Å². The number of nitrogens with two attached hydrogens (primary N) is 2. The molecule has 0 fully saturated rings. The monoisotopic (exact) mass is 380 g/mol. The minimum atomic E-state index is -0.494. The van der Waals surface area contributed by atoms with Crippen molar-refractivity contribution in [3.8, 4) is 5.75 Å². The molecule has 28 heavy (non-hydrogen) atoms. The van der Waals surface area contributed by atoms with Crippen LogP contribution in [0.15, 0.2) is 48.2 Å². The Balaban J connectivity index is 1.98. The van der Waals surface area contributed by atoms with E-state index in [-0.39, 0.29) is 17.7 Å². The van der Waals surface area contributed by atoms with E-state index in [2.05, 4.69) is 20.8 Å². The van der Waals surface area contributed by atoms with Crippen molar-refractivity contribution in [1.82, 2.24) is 5.43 Å². The van der Waals surface area contributed by atoms with Gasteiger partial charge in [-0.15, -0.1) is 0 Å². The van der Waals surface area contributed by atoms with Crippen molar-refractivity contribution < 1.29 is 14.3 Å². The number of fused-ring (bicyclic) bond motifs is 1. The van der Waals surface area contributed by atoms with E-state index in [0.717, 1.165) is 5.56 Å². The number of amides is 2. The Morgan fingerprint density at radius 3 is 2.46 bits per heavy atom. The van der Waals surface area contributed by atoms with Crippen LogP contribution in [0.2, 0.25) is 0 Å². The molecule has 1 aliphatic heterocycles. The fraction of sp³-hybridized carbons (Fsp3) is 0.238. The summed E-state index contributed by atoms with van der Waals surface area (Å²) < 4.78 is 5.80. The molecule has 1 aliphatic rings. The van der Waals surface area contributed by atoms with Crippen LogP contribution < -0.4 is 26.6 Å². The van der Waals surface area contributed by atoms with Gasteiger partial charge in [-0.05, 0) is 34.8 Å². The number of anilines is 2. The summed E-state index contributed by atoms with van der Waals surface area (Å²) in [7, 11) is 0. The van der Waals surface area contributed by atoms with Gasteiger partial charge in [-0.1, -0.05) is 45.0 Å². The first-order valence-corrected chi connectivity index (χ1v) is 8.90. The van der Waals surface area contributed by atoms with Crippen LogP contribution in [-0.4, -0.2) is 18.4 Å². The Hall–Kier alpha value is -3.32. The summed E-state index contributed by atoms with van der Waals surface area (Å²) in [5.74, 6) is 4.77. The van der Waals surface area contributed by atoms with Crippen LogP contribution in [0.1, 0.15) is 31.9 Å². The van der Waals surface area contributed by atoms with Crippen molar-refractivity contribution in [2.75, 3.05) is 17.2 Å². The molecule has 0 bridgehead atoms. The summed E-state index contributed by atoms with van der Waals surface area (Å²) in [6, 6.07) is 12.8. The number of carbonyl (C=O) groups excluding carboxylic acids is 2. The molecule has 0 atom stereocenters. The van der Waals surface area contributed by atoms with Crippen molar-refractivity contribution in [1.29, 1.82) is 0 Å². The summed E-state index contributed by atoms with van der Waals surface area (Å²) in [6.07, 6.45) is 1.65. The topological polar surface area (TPSA) is 111 Å². The van der Waals surface area contributed by atoms with Gasteiger partial charge < -0.3 is 10.5 Å². The number of nitrogen functional groups attached to an aromatic ring is 1. The Labute approximate surface area is 163 Å². The number of ether oxygens (including phenoxy) is 1. The molecule has 7 heteroatoms. The first kappa shape index (κ1) is 19.4. The van der Waals surface area contributed by atoms with E-state index in [1.165, 1.54) is 10.5 Å². The van der Waals surface area contributed by atoms with Crippen molar-refractivity contribution in [3.05, 3.63) is 59.4 Å². The van der Waals surface area contributed by atoms with Crippen molar-refractivity contribution in [2.45, 2.75) is 26.2 Å². The summed E-state index contributed by atoms with van der Waals surface area (Å²) >= 11 is 0. The third kappa shape index (κ3) is 3.99. The SMILES string of the molecule is CC(C)(C)c1ccc(/C=C2/Oc3cc(N)ccc3N(CC(=O)NN)C2=O)cc1. The largest absolute Gasteiger partial charge is 0.449 e. The average Bonchev–Trinajstić information content (AvgIpc) is 2.64. The van der Waals surface area contributed by atoms with Crippen LogP contribution in [-0.2, 0) is 15.0 Å². The number of carbonyl (C=O) groups is 2. The Kier molecular flexibility index (Phi) is 5.11. The highest BCUT2D eigenvalue weighted by Crippen LogP contribution is 2.37. The second-order valence-corrected chi connectivity index (χ2v) is 7.67. The Morgan fingerprint density at radius 1 is 1.18 bits per heavy atom. The zero-order chi connectivity index (χ0) is 20.5. The van der Waals surface area contributed by atoms with Crippen LogP contribution in [0.3, 0.4) is 0 Å². The molecular formula is C21H24N4O3. The zero-order valence-electron chi connectivity index (χ0n) is 16.2. The number of hydrogen-bond acceptors (Lipinski definition) is 5. The minimum Gasteiger partial charge on any atom is -0.449 e. The van der Waals surface area contributed by atoms with Gasteiger partial charge >= 0.3 is 0 Å². The molecule has 3 rings (SSSR count). The first-order chi connectivity index (χ1) is 13.2. The van der Waals surface area contributed by atoms with Crippen molar-refractivity contribution in [2.24, 2.45) is 5.84 Å². The maximum Gasteiger partial charge on any atom is 0.294 e. The first-order valence-electron chi connectivity index (χ1n) is 8.90. The molecule has 0 unspecified atom stereocenters. The van der Waals surface area contributed by atoms with E-state index >= 15 is 0 Å². The lowest BCUT2D eigenvalue weighted by Gasteiger charge is -2.30. The predicted molar refractivity (Wildman–Crippen MR) is 109 cm³/mol. The summed E-state index contributed by atoms with van der Waals surface area (Å²) in [5, 5.41) is 0. The van der Waals surface area contributed by atoms with Crippen molar-refractivity contribution >= 4 is 29.3 Å². The van der Waals surface area contributed by atoms with Gasteiger partial charge in [-0.3, -0.25) is 19.9 Å². The van der Waals surface area contributed by atoms with Gasteiger partial charge in [0.25, 0.3) is 11.8 Å². The van der Waals surface area contributed by atoms with Crippen molar-refractivity contribution in [3.63, 3.8) is 0 Å². The summed E-state index contributed by atoms with van der Waals surface area (Å²) in [4.78, 5) is 26.0. The third-order valence-corrected chi connectivity index (χ3v) is 4.49. The van der Waals surface area contributed by atoms with Crippen LogP contribution >= 0.6 is 0 Å². The van der Waals surface area contributed by atoms with E-state index in [1.54, 1.807) is 24.3 Å². The maximum atomic E-state index is 12.9. The van der Waals surface area contributed by atoms with E-state index in [1.807, 2.05) is 29.7 Å². The van der Waals surface area contributed by atoms with Crippen LogP contribution in [0.4, 0.5) is 11.4 Å². The number of benzene rings is 2. The van der Waals surface area contributed by atoms with E-state index < -0.39 is 11.8 Å². The Morgan fingerprint density at radius 2 is 1.86 bits per heavy atom. The lowest BCUT2D eigenvalue weighted by atomic mass is 9.87. The van der Waals surface area contributed by atoms with Crippen LogP contribution in [0, 0.1) is 0 Å².